The molecule has 0 saturated heterocycles. The summed E-state index contributed by atoms with van der Waals surface area (Å²) in [6, 6.07) is 4.40. The van der Waals surface area contributed by atoms with Crippen LogP contribution in [0.2, 0.25) is 10.0 Å². The topological polar surface area (TPSA) is 72.0 Å². The molecular formula is C9H2BrCl2FN4. The molecule has 1 aromatic rings. The normalized spacial score (nSPS) is 9.06. The number of anilines is 1. The molecule has 1 rings (SSSR count). The standard InChI is InChI=1S/C9H2BrCl2FN4/c10-5-1-6(11)7(12)8(13)9(5)17-16-4(2-14)3-15/h1,17H. The van der Waals surface area contributed by atoms with Gasteiger partial charge in [0.25, 0.3) is 0 Å². The van der Waals surface area contributed by atoms with E-state index in [1.807, 2.05) is 0 Å². The first-order chi connectivity index (χ1) is 8.01. The minimum atomic E-state index is -0.829. The molecule has 0 unspecified atom stereocenters. The van der Waals surface area contributed by atoms with E-state index in [1.54, 1.807) is 0 Å². The molecule has 1 aromatic carbocycles. The molecule has 4 nitrogen and oxygen atoms in total. The number of nitriles is 2. The van der Waals surface area contributed by atoms with Gasteiger partial charge in [0, 0.05) is 4.47 Å². The SMILES string of the molecule is N#CC(C#N)=NNc1c(Br)cc(Cl)c(Cl)c1F. The molecular weight excluding hydrogens is 334 g/mol. The molecule has 1 N–H and O–H groups in total. The predicted octanol–water partition coefficient (Wildman–Crippen LogP) is 3.71. The number of hydrogen-bond acceptors (Lipinski definition) is 4. The van der Waals surface area contributed by atoms with Gasteiger partial charge in [0.2, 0.25) is 5.71 Å². The van der Waals surface area contributed by atoms with Gasteiger partial charge >= 0.3 is 0 Å². The molecule has 8 heteroatoms. The van der Waals surface area contributed by atoms with E-state index in [4.69, 9.17) is 33.7 Å². The highest BCUT2D eigenvalue weighted by atomic mass is 79.9. The summed E-state index contributed by atoms with van der Waals surface area (Å²) in [6.45, 7) is 0. The molecule has 0 radical (unpaired) electrons. The van der Waals surface area contributed by atoms with Gasteiger partial charge in [-0.2, -0.15) is 15.6 Å². The average Bonchev–Trinajstić information content (AvgIpc) is 2.31. The van der Waals surface area contributed by atoms with Crippen LogP contribution in [0.15, 0.2) is 15.6 Å². The smallest absolute Gasteiger partial charge is 0.237 e. The summed E-state index contributed by atoms with van der Waals surface area (Å²) in [5, 5.41) is 20.0. The first-order valence-corrected chi connectivity index (χ1v) is 5.53. The van der Waals surface area contributed by atoms with Crippen molar-refractivity contribution < 1.29 is 4.39 Å². The molecule has 0 fully saturated rings. The zero-order chi connectivity index (χ0) is 13.0. The molecule has 0 atom stereocenters. The summed E-state index contributed by atoms with van der Waals surface area (Å²) in [7, 11) is 0. The van der Waals surface area contributed by atoms with E-state index in [0.717, 1.165) is 0 Å². The van der Waals surface area contributed by atoms with Crippen molar-refractivity contribution >= 4 is 50.5 Å². The Bertz CT molecular complexity index is 558. The maximum atomic E-state index is 13.6. The maximum absolute atomic E-state index is 13.6. The van der Waals surface area contributed by atoms with Gasteiger partial charge in [-0.05, 0) is 22.0 Å². The van der Waals surface area contributed by atoms with Crippen LogP contribution < -0.4 is 5.43 Å². The number of hydrogen-bond donors (Lipinski definition) is 1. The van der Waals surface area contributed by atoms with E-state index in [2.05, 4.69) is 26.5 Å². The number of nitrogens with zero attached hydrogens (tertiary/aromatic N) is 3. The zero-order valence-electron chi connectivity index (χ0n) is 7.93. The lowest BCUT2D eigenvalue weighted by Crippen LogP contribution is -2.00. The van der Waals surface area contributed by atoms with E-state index in [9.17, 15) is 4.39 Å². The lowest BCUT2D eigenvalue weighted by atomic mass is 10.3. The van der Waals surface area contributed by atoms with Gasteiger partial charge in [-0.15, -0.1) is 0 Å². The second-order valence-corrected chi connectivity index (χ2v) is 4.28. The third-order valence-electron chi connectivity index (χ3n) is 1.61. The Balaban J connectivity index is 3.18. The molecule has 0 spiro atoms. The van der Waals surface area contributed by atoms with E-state index in [0.29, 0.717) is 0 Å². The first-order valence-electron chi connectivity index (χ1n) is 3.98. The fourth-order valence-corrected chi connectivity index (χ4v) is 1.82. The Hall–Kier alpha value is -1.34. The maximum Gasteiger partial charge on any atom is 0.237 e. The van der Waals surface area contributed by atoms with Crippen LogP contribution in [0.5, 0.6) is 0 Å². The second kappa shape index (κ2) is 5.83. The van der Waals surface area contributed by atoms with Crippen LogP contribution >= 0.6 is 39.1 Å². The Labute approximate surface area is 114 Å². The molecule has 0 amide bonds. The number of benzene rings is 1. The molecule has 0 aliphatic rings. The quantitative estimate of drug-likeness (QED) is 0.387. The van der Waals surface area contributed by atoms with Gasteiger partial charge in [0.15, 0.2) is 5.82 Å². The van der Waals surface area contributed by atoms with Gasteiger partial charge in [-0.1, -0.05) is 23.2 Å². The lowest BCUT2D eigenvalue weighted by Gasteiger charge is -2.07. The van der Waals surface area contributed by atoms with E-state index in [-0.39, 0.29) is 20.2 Å². The van der Waals surface area contributed by atoms with Crippen LogP contribution in [-0.4, -0.2) is 5.71 Å². The number of hydrazone groups is 1. The summed E-state index contributed by atoms with van der Waals surface area (Å²) < 4.78 is 13.9. The highest BCUT2D eigenvalue weighted by Gasteiger charge is 2.14. The fourth-order valence-electron chi connectivity index (χ4n) is 0.856. The van der Waals surface area contributed by atoms with Crippen LogP contribution in [0.1, 0.15) is 0 Å². The third-order valence-corrected chi connectivity index (χ3v) is 3.00. The fraction of sp³-hybridized carbons (Fsp3) is 0. The lowest BCUT2D eigenvalue weighted by molar-refractivity contribution is 0.630. The molecule has 0 aromatic heterocycles. The Morgan fingerprint density at radius 1 is 1.41 bits per heavy atom. The molecule has 0 aliphatic carbocycles. The zero-order valence-corrected chi connectivity index (χ0v) is 11.0. The van der Waals surface area contributed by atoms with Crippen molar-refractivity contribution in [3.63, 3.8) is 0 Å². The number of nitrogens with one attached hydrogen (secondary N) is 1. The Morgan fingerprint density at radius 3 is 2.53 bits per heavy atom. The molecule has 0 heterocycles. The van der Waals surface area contributed by atoms with Crippen molar-refractivity contribution in [2.24, 2.45) is 5.10 Å². The highest BCUT2D eigenvalue weighted by molar-refractivity contribution is 9.10. The Morgan fingerprint density at radius 2 is 2.00 bits per heavy atom. The molecule has 17 heavy (non-hydrogen) atoms. The summed E-state index contributed by atoms with van der Waals surface area (Å²) in [4.78, 5) is 0. The minimum absolute atomic E-state index is 0.0337. The number of rotatable bonds is 2. The monoisotopic (exact) mass is 334 g/mol. The van der Waals surface area contributed by atoms with Crippen molar-refractivity contribution in [3.8, 4) is 12.1 Å². The first kappa shape index (κ1) is 13.7. The van der Waals surface area contributed by atoms with Crippen LogP contribution in [-0.2, 0) is 0 Å². The third kappa shape index (κ3) is 3.07. The Kier molecular flexibility index (Phi) is 4.71. The second-order valence-electron chi connectivity index (χ2n) is 2.64. The van der Waals surface area contributed by atoms with Crippen LogP contribution in [0.3, 0.4) is 0 Å². The van der Waals surface area contributed by atoms with Crippen molar-refractivity contribution in [1.82, 2.24) is 0 Å². The van der Waals surface area contributed by atoms with Gasteiger partial charge in [-0.3, -0.25) is 5.43 Å². The van der Waals surface area contributed by atoms with Crippen molar-refractivity contribution in [2.75, 3.05) is 5.43 Å². The van der Waals surface area contributed by atoms with Crippen LogP contribution in [0.25, 0.3) is 0 Å². The van der Waals surface area contributed by atoms with Crippen LogP contribution in [0.4, 0.5) is 10.1 Å². The van der Waals surface area contributed by atoms with Gasteiger partial charge in [0.1, 0.15) is 17.8 Å². The largest absolute Gasteiger partial charge is 0.272 e. The van der Waals surface area contributed by atoms with E-state index < -0.39 is 11.5 Å². The molecule has 86 valence electrons. The van der Waals surface area contributed by atoms with Crippen molar-refractivity contribution in [1.29, 1.82) is 10.5 Å². The van der Waals surface area contributed by atoms with Gasteiger partial charge in [-0.25, -0.2) is 4.39 Å². The molecule has 0 saturated carbocycles. The van der Waals surface area contributed by atoms with E-state index in [1.165, 1.54) is 18.2 Å². The number of halogens is 4. The van der Waals surface area contributed by atoms with Gasteiger partial charge < -0.3 is 0 Å². The summed E-state index contributed by atoms with van der Waals surface area (Å²) >= 11 is 14.3. The van der Waals surface area contributed by atoms with Crippen molar-refractivity contribution in [2.45, 2.75) is 0 Å². The van der Waals surface area contributed by atoms with Crippen LogP contribution in [0, 0.1) is 28.5 Å². The van der Waals surface area contributed by atoms with Gasteiger partial charge in [0.05, 0.1) is 10.0 Å². The predicted molar refractivity (Wildman–Crippen MR) is 66.4 cm³/mol. The summed E-state index contributed by atoms with van der Waals surface area (Å²) in [5.74, 6) is -0.829. The molecule has 0 bridgehead atoms. The van der Waals surface area contributed by atoms with E-state index >= 15 is 0 Å². The highest BCUT2D eigenvalue weighted by Crippen LogP contribution is 2.36. The summed E-state index contributed by atoms with van der Waals surface area (Å²) in [5.41, 5.74) is 1.68. The van der Waals surface area contributed by atoms with Crippen molar-refractivity contribution in [3.05, 3.63) is 26.4 Å². The molecule has 0 aliphatic heterocycles. The average molecular weight is 336 g/mol. The minimum Gasteiger partial charge on any atom is -0.272 e. The summed E-state index contributed by atoms with van der Waals surface area (Å²) in [6.07, 6.45) is 0.